The van der Waals surface area contributed by atoms with Gasteiger partial charge in [-0.3, -0.25) is 14.0 Å². The summed E-state index contributed by atoms with van der Waals surface area (Å²) < 4.78 is 3.67. The first-order chi connectivity index (χ1) is 15.0. The molecule has 0 saturated carbocycles. The second-order valence-corrected chi connectivity index (χ2v) is 8.10. The van der Waals surface area contributed by atoms with E-state index in [2.05, 4.69) is 11.5 Å². The predicted octanol–water partition coefficient (Wildman–Crippen LogP) is 5.88. The van der Waals surface area contributed by atoms with E-state index in [0.29, 0.717) is 22.1 Å². The fourth-order valence-corrected chi connectivity index (χ4v) is 3.86. The van der Waals surface area contributed by atoms with Gasteiger partial charge in [0.15, 0.2) is 5.78 Å². The van der Waals surface area contributed by atoms with Gasteiger partial charge in [-0.1, -0.05) is 61.7 Å². The molecule has 2 aromatic carbocycles. The number of rotatable bonds is 7. The molecule has 4 aromatic rings. The number of carbonyl (C=O) groups excluding carboxylic acids is 1. The number of halogens is 1. The number of fused-ring (bicyclic) bond motifs is 1. The molecule has 6 heteroatoms. The largest absolute Gasteiger partial charge is 0.311 e. The van der Waals surface area contributed by atoms with Crippen LogP contribution in [0.4, 0.5) is 0 Å². The first-order valence-electron chi connectivity index (χ1n) is 10.5. The van der Waals surface area contributed by atoms with E-state index in [1.54, 1.807) is 29.7 Å². The topological polar surface area (TPSA) is 56.4 Å². The van der Waals surface area contributed by atoms with Crippen molar-refractivity contribution in [1.29, 1.82) is 0 Å². The van der Waals surface area contributed by atoms with Crippen LogP contribution in [0.5, 0.6) is 0 Å². The van der Waals surface area contributed by atoms with E-state index in [-0.39, 0.29) is 11.3 Å². The minimum atomic E-state index is -0.155. The van der Waals surface area contributed by atoms with Crippen molar-refractivity contribution >= 4 is 23.2 Å². The van der Waals surface area contributed by atoms with Crippen molar-refractivity contribution in [2.45, 2.75) is 39.7 Å². The van der Waals surface area contributed by atoms with E-state index in [4.69, 9.17) is 16.6 Å². The number of benzene rings is 2. The zero-order valence-corrected chi connectivity index (χ0v) is 18.4. The number of aryl methyl sites for hydroxylation is 1. The number of hydrogen-bond donors (Lipinski definition) is 0. The molecule has 0 spiro atoms. The van der Waals surface area contributed by atoms with Crippen LogP contribution in [-0.4, -0.2) is 19.7 Å². The summed E-state index contributed by atoms with van der Waals surface area (Å²) in [5.41, 5.74) is 3.68. The summed E-state index contributed by atoms with van der Waals surface area (Å²) in [5.74, 6) is 0.588. The quantitative estimate of drug-likeness (QED) is 0.270. The van der Waals surface area contributed by atoms with Gasteiger partial charge in [0.1, 0.15) is 0 Å². The van der Waals surface area contributed by atoms with Crippen molar-refractivity contribution in [3.05, 3.63) is 81.7 Å². The van der Waals surface area contributed by atoms with E-state index in [9.17, 15) is 9.59 Å². The third-order valence-corrected chi connectivity index (χ3v) is 5.66. The second kappa shape index (κ2) is 8.90. The van der Waals surface area contributed by atoms with Crippen molar-refractivity contribution in [3.63, 3.8) is 0 Å². The Hall–Kier alpha value is -3.18. The lowest BCUT2D eigenvalue weighted by atomic mass is 10.1. The first kappa shape index (κ1) is 21.1. The molecule has 31 heavy (non-hydrogen) atoms. The van der Waals surface area contributed by atoms with Gasteiger partial charge in [0, 0.05) is 35.0 Å². The van der Waals surface area contributed by atoms with Gasteiger partial charge in [0.2, 0.25) is 5.78 Å². The number of nitrogens with zero attached hydrogens (tertiary/aromatic N) is 3. The Balaban J connectivity index is 1.92. The summed E-state index contributed by atoms with van der Waals surface area (Å²) in [5, 5.41) is 0.652. The van der Waals surface area contributed by atoms with Gasteiger partial charge in [0.05, 0.1) is 11.4 Å². The van der Waals surface area contributed by atoms with Crippen LogP contribution >= 0.6 is 11.6 Å². The molecule has 0 fully saturated rings. The highest BCUT2D eigenvalue weighted by Gasteiger charge is 2.15. The molecule has 2 aromatic heterocycles. The molecule has 0 atom stereocenters. The molecule has 5 nitrogen and oxygen atoms in total. The second-order valence-electron chi connectivity index (χ2n) is 7.67. The van der Waals surface area contributed by atoms with E-state index in [1.165, 1.54) is 0 Å². The van der Waals surface area contributed by atoms with Crippen LogP contribution in [0.15, 0.2) is 65.6 Å². The fraction of sp³-hybridized carbons (Fsp3) is 0.240. The zero-order chi connectivity index (χ0) is 22.0. The number of ketones is 1. The average Bonchev–Trinajstić information content (AvgIpc) is 3.22. The van der Waals surface area contributed by atoms with Crippen LogP contribution in [0.1, 0.15) is 43.5 Å². The average molecular weight is 434 g/mol. The summed E-state index contributed by atoms with van der Waals surface area (Å²) in [6, 6.07) is 16.5. The SMILES string of the molecule is CCCCCn1c(-c2cccc(C(C)=O)c2)cc(=O)n2cc(-c3ccc(Cl)cc3)nc12. The van der Waals surface area contributed by atoms with E-state index in [1.807, 2.05) is 42.5 Å². The highest BCUT2D eigenvalue weighted by molar-refractivity contribution is 6.30. The van der Waals surface area contributed by atoms with E-state index < -0.39 is 0 Å². The predicted molar refractivity (Wildman–Crippen MR) is 125 cm³/mol. The maximum absolute atomic E-state index is 13.0. The third kappa shape index (κ3) is 4.32. The fourth-order valence-electron chi connectivity index (χ4n) is 3.73. The Kier molecular flexibility index (Phi) is 6.05. The Labute approximate surface area is 185 Å². The molecular formula is C25H24ClN3O2. The Bertz CT molecular complexity index is 1300. The van der Waals surface area contributed by atoms with Gasteiger partial charge in [-0.05, 0) is 37.1 Å². The number of Topliss-reactive ketones (excluding diaryl/α,β-unsaturated/α-hetero) is 1. The van der Waals surface area contributed by atoms with Crippen LogP contribution < -0.4 is 5.56 Å². The molecule has 0 amide bonds. The van der Waals surface area contributed by atoms with Crippen molar-refractivity contribution in [2.75, 3.05) is 0 Å². The molecule has 0 aliphatic rings. The Morgan fingerprint density at radius 2 is 1.81 bits per heavy atom. The van der Waals surface area contributed by atoms with Crippen LogP contribution in [0.25, 0.3) is 28.3 Å². The number of imidazole rings is 1. The molecule has 0 radical (unpaired) electrons. The summed E-state index contributed by atoms with van der Waals surface area (Å²) >= 11 is 6.02. The minimum absolute atomic E-state index is 0.00589. The van der Waals surface area contributed by atoms with Gasteiger partial charge >= 0.3 is 0 Å². The lowest BCUT2D eigenvalue weighted by Crippen LogP contribution is -2.18. The smallest absolute Gasteiger partial charge is 0.259 e. The molecule has 0 N–H and O–H groups in total. The van der Waals surface area contributed by atoms with Crippen molar-refractivity contribution in [1.82, 2.24) is 14.0 Å². The molecule has 0 aliphatic carbocycles. The van der Waals surface area contributed by atoms with Crippen LogP contribution in [-0.2, 0) is 6.54 Å². The van der Waals surface area contributed by atoms with Gasteiger partial charge in [-0.2, -0.15) is 0 Å². The van der Waals surface area contributed by atoms with Crippen molar-refractivity contribution in [2.24, 2.45) is 0 Å². The molecule has 2 heterocycles. The molecule has 0 unspecified atom stereocenters. The summed E-state index contributed by atoms with van der Waals surface area (Å²) in [4.78, 5) is 29.7. The standard InChI is InChI=1S/C25H24ClN3O2/c1-3-4-5-13-28-23(20-8-6-7-19(14-20)17(2)30)15-24(31)29-16-22(27-25(28)29)18-9-11-21(26)12-10-18/h6-12,14-16H,3-5,13H2,1-2H3. The monoisotopic (exact) mass is 433 g/mol. The molecule has 0 bridgehead atoms. The van der Waals surface area contributed by atoms with Crippen molar-refractivity contribution < 1.29 is 4.79 Å². The first-order valence-corrected chi connectivity index (χ1v) is 10.9. The van der Waals surface area contributed by atoms with Crippen LogP contribution in [0.2, 0.25) is 5.02 Å². The number of unbranched alkanes of at least 4 members (excludes halogenated alkanes) is 2. The van der Waals surface area contributed by atoms with Gasteiger partial charge < -0.3 is 4.57 Å². The maximum atomic E-state index is 13.0. The zero-order valence-electron chi connectivity index (χ0n) is 17.6. The number of hydrogen-bond acceptors (Lipinski definition) is 3. The third-order valence-electron chi connectivity index (χ3n) is 5.41. The Morgan fingerprint density at radius 3 is 2.52 bits per heavy atom. The minimum Gasteiger partial charge on any atom is -0.311 e. The molecule has 0 aliphatic heterocycles. The lowest BCUT2D eigenvalue weighted by molar-refractivity contribution is 0.101. The summed E-state index contributed by atoms with van der Waals surface area (Å²) in [6.45, 7) is 4.43. The number of carbonyl (C=O) groups is 1. The highest BCUT2D eigenvalue weighted by atomic mass is 35.5. The molecule has 0 saturated heterocycles. The maximum Gasteiger partial charge on any atom is 0.259 e. The molecular weight excluding hydrogens is 410 g/mol. The Morgan fingerprint density at radius 1 is 1.03 bits per heavy atom. The van der Waals surface area contributed by atoms with E-state index in [0.717, 1.165) is 42.6 Å². The summed E-state index contributed by atoms with van der Waals surface area (Å²) in [7, 11) is 0. The van der Waals surface area contributed by atoms with Crippen LogP contribution in [0, 0.1) is 0 Å². The molecule has 4 rings (SSSR count). The van der Waals surface area contributed by atoms with Crippen LogP contribution in [0.3, 0.4) is 0 Å². The van der Waals surface area contributed by atoms with Gasteiger partial charge in [-0.15, -0.1) is 0 Å². The lowest BCUT2D eigenvalue weighted by Gasteiger charge is -2.15. The van der Waals surface area contributed by atoms with Gasteiger partial charge in [0.25, 0.3) is 5.56 Å². The van der Waals surface area contributed by atoms with Crippen molar-refractivity contribution in [3.8, 4) is 22.5 Å². The molecule has 158 valence electrons. The van der Waals surface area contributed by atoms with Gasteiger partial charge in [-0.25, -0.2) is 4.98 Å². The number of aromatic nitrogens is 3. The highest BCUT2D eigenvalue weighted by Crippen LogP contribution is 2.25. The summed E-state index contributed by atoms with van der Waals surface area (Å²) in [6.07, 6.45) is 4.91. The normalized spacial score (nSPS) is 11.2. The van der Waals surface area contributed by atoms with E-state index >= 15 is 0 Å².